The Kier molecular flexibility index (Phi) is 4.35. The minimum atomic E-state index is -3.83. The van der Waals surface area contributed by atoms with Crippen LogP contribution in [0.4, 0.5) is 0 Å². The predicted octanol–water partition coefficient (Wildman–Crippen LogP) is 2.72. The van der Waals surface area contributed by atoms with Crippen molar-refractivity contribution in [1.82, 2.24) is 9.78 Å². The molecule has 0 saturated heterocycles. The van der Waals surface area contributed by atoms with Crippen molar-refractivity contribution >= 4 is 19.7 Å². The van der Waals surface area contributed by atoms with Gasteiger partial charge in [-0.15, -0.1) is 0 Å². The summed E-state index contributed by atoms with van der Waals surface area (Å²) in [4.78, 5) is -0.0120. The second kappa shape index (κ2) is 5.85. The van der Waals surface area contributed by atoms with Gasteiger partial charge in [0.25, 0.3) is 9.05 Å². The lowest BCUT2D eigenvalue weighted by molar-refractivity contribution is 0.298. The molecule has 0 aliphatic carbocycles. The molecule has 0 aliphatic heterocycles. The summed E-state index contributed by atoms with van der Waals surface area (Å²) in [5.74, 6) is 0.245. The van der Waals surface area contributed by atoms with Crippen molar-refractivity contribution in [3.8, 4) is 5.75 Å². The number of halogens is 1. The highest BCUT2D eigenvalue weighted by Gasteiger charge is 2.17. The van der Waals surface area contributed by atoms with E-state index >= 15 is 0 Å². The largest absolute Gasteiger partial charge is 0.487 e. The number of hydrogen-bond donors (Lipinski definition) is 0. The Bertz CT molecular complexity index is 710. The lowest BCUT2D eigenvalue weighted by Crippen LogP contribution is -2.01. The second-order valence-corrected chi connectivity index (χ2v) is 6.92. The van der Waals surface area contributed by atoms with E-state index in [1.165, 1.54) is 6.07 Å². The monoisotopic (exact) mass is 314 g/mol. The van der Waals surface area contributed by atoms with Gasteiger partial charge in [0.2, 0.25) is 0 Å². The third kappa shape index (κ3) is 3.52. The molecule has 1 heterocycles. The highest BCUT2D eigenvalue weighted by Crippen LogP contribution is 2.28. The quantitative estimate of drug-likeness (QED) is 0.796. The lowest BCUT2D eigenvalue weighted by Gasteiger charge is -2.09. The SMILES string of the molecule is CCn1cc(COc2ccc(C)cc2S(=O)(=O)Cl)cn1. The van der Waals surface area contributed by atoms with Gasteiger partial charge in [0.1, 0.15) is 17.3 Å². The van der Waals surface area contributed by atoms with Crippen LogP contribution in [0.25, 0.3) is 0 Å². The van der Waals surface area contributed by atoms with Gasteiger partial charge in [0, 0.05) is 29.0 Å². The molecule has 0 bridgehead atoms. The van der Waals surface area contributed by atoms with Gasteiger partial charge >= 0.3 is 0 Å². The van der Waals surface area contributed by atoms with Gasteiger partial charge in [0.15, 0.2) is 0 Å². The first-order valence-corrected chi connectivity index (χ1v) is 8.40. The minimum absolute atomic E-state index is 0.0120. The summed E-state index contributed by atoms with van der Waals surface area (Å²) in [7, 11) is 1.59. The molecule has 0 amide bonds. The number of aryl methyl sites for hydroxylation is 2. The zero-order valence-electron chi connectivity index (χ0n) is 11.2. The van der Waals surface area contributed by atoms with Crippen LogP contribution in [0, 0.1) is 6.92 Å². The zero-order chi connectivity index (χ0) is 14.8. The summed E-state index contributed by atoms with van der Waals surface area (Å²) < 4.78 is 30.4. The van der Waals surface area contributed by atoms with Crippen LogP contribution in [0.1, 0.15) is 18.1 Å². The van der Waals surface area contributed by atoms with Crippen molar-refractivity contribution in [2.24, 2.45) is 0 Å². The van der Waals surface area contributed by atoms with E-state index in [1.807, 2.05) is 13.1 Å². The fourth-order valence-electron chi connectivity index (χ4n) is 1.74. The molecule has 1 aromatic heterocycles. The summed E-state index contributed by atoms with van der Waals surface area (Å²) >= 11 is 0. The summed E-state index contributed by atoms with van der Waals surface area (Å²) in [6, 6.07) is 4.87. The van der Waals surface area contributed by atoms with Crippen LogP contribution in [0.15, 0.2) is 35.5 Å². The normalized spacial score (nSPS) is 11.6. The Labute approximate surface area is 122 Å². The van der Waals surface area contributed by atoms with E-state index in [4.69, 9.17) is 15.4 Å². The first kappa shape index (κ1) is 14.9. The maximum absolute atomic E-state index is 11.5. The Morgan fingerprint density at radius 2 is 2.15 bits per heavy atom. The van der Waals surface area contributed by atoms with Crippen LogP contribution < -0.4 is 4.74 Å². The molecule has 0 aliphatic rings. The average Bonchev–Trinajstić information content (AvgIpc) is 2.84. The molecule has 2 rings (SSSR count). The molecule has 0 N–H and O–H groups in total. The van der Waals surface area contributed by atoms with Gasteiger partial charge in [-0.1, -0.05) is 6.07 Å². The number of benzene rings is 1. The Morgan fingerprint density at radius 1 is 1.40 bits per heavy atom. The van der Waals surface area contributed by atoms with Crippen LogP contribution in [0.2, 0.25) is 0 Å². The Morgan fingerprint density at radius 3 is 2.75 bits per heavy atom. The number of aromatic nitrogens is 2. The van der Waals surface area contributed by atoms with Gasteiger partial charge in [-0.3, -0.25) is 4.68 Å². The minimum Gasteiger partial charge on any atom is -0.487 e. The fraction of sp³-hybridized carbons (Fsp3) is 0.308. The predicted molar refractivity (Wildman–Crippen MR) is 76.5 cm³/mol. The summed E-state index contributed by atoms with van der Waals surface area (Å²) in [5, 5.41) is 4.12. The topological polar surface area (TPSA) is 61.2 Å². The summed E-state index contributed by atoms with van der Waals surface area (Å²) in [6.45, 7) is 4.78. The molecule has 7 heteroatoms. The fourth-order valence-corrected chi connectivity index (χ4v) is 2.80. The van der Waals surface area contributed by atoms with Crippen molar-refractivity contribution in [3.05, 3.63) is 41.7 Å². The number of ether oxygens (including phenoxy) is 1. The van der Waals surface area contributed by atoms with E-state index in [9.17, 15) is 8.42 Å². The van der Waals surface area contributed by atoms with Crippen LogP contribution in [0.3, 0.4) is 0 Å². The lowest BCUT2D eigenvalue weighted by atomic mass is 10.2. The molecule has 20 heavy (non-hydrogen) atoms. The smallest absolute Gasteiger partial charge is 0.264 e. The van der Waals surface area contributed by atoms with Crippen molar-refractivity contribution < 1.29 is 13.2 Å². The second-order valence-electron chi connectivity index (χ2n) is 4.38. The van der Waals surface area contributed by atoms with Crippen molar-refractivity contribution in [3.63, 3.8) is 0 Å². The number of rotatable bonds is 5. The molecule has 1 aromatic carbocycles. The van der Waals surface area contributed by atoms with E-state index in [0.29, 0.717) is 0 Å². The Balaban J connectivity index is 2.21. The molecule has 0 unspecified atom stereocenters. The Hall–Kier alpha value is -1.53. The molecule has 0 spiro atoms. The zero-order valence-corrected chi connectivity index (χ0v) is 12.8. The van der Waals surface area contributed by atoms with Crippen LogP contribution in [0.5, 0.6) is 5.75 Å². The van der Waals surface area contributed by atoms with Gasteiger partial charge in [-0.05, 0) is 31.5 Å². The van der Waals surface area contributed by atoms with Crippen molar-refractivity contribution in [2.45, 2.75) is 31.9 Å². The molecular formula is C13H15ClN2O3S. The number of hydrogen-bond acceptors (Lipinski definition) is 4. The van der Waals surface area contributed by atoms with E-state index in [2.05, 4.69) is 5.10 Å². The molecule has 0 radical (unpaired) electrons. The summed E-state index contributed by atoms with van der Waals surface area (Å²) in [6.07, 6.45) is 3.54. The summed E-state index contributed by atoms with van der Waals surface area (Å²) in [5.41, 5.74) is 1.67. The van der Waals surface area contributed by atoms with Crippen molar-refractivity contribution in [1.29, 1.82) is 0 Å². The van der Waals surface area contributed by atoms with E-state index in [0.717, 1.165) is 17.7 Å². The maximum atomic E-state index is 11.5. The average molecular weight is 315 g/mol. The highest BCUT2D eigenvalue weighted by atomic mass is 35.7. The first-order chi connectivity index (χ1) is 9.40. The standard InChI is InChI=1S/C13H15ClN2O3S/c1-3-16-8-11(7-15-16)9-19-12-5-4-10(2)6-13(12)20(14,17)18/h4-8H,3,9H2,1-2H3. The van der Waals surface area contributed by atoms with Gasteiger partial charge < -0.3 is 4.74 Å². The van der Waals surface area contributed by atoms with Crippen LogP contribution in [-0.2, 0) is 22.2 Å². The van der Waals surface area contributed by atoms with E-state index in [-0.39, 0.29) is 17.3 Å². The van der Waals surface area contributed by atoms with Gasteiger partial charge in [-0.2, -0.15) is 5.10 Å². The highest BCUT2D eigenvalue weighted by molar-refractivity contribution is 8.13. The molecule has 2 aromatic rings. The third-order valence-electron chi connectivity index (χ3n) is 2.77. The third-order valence-corrected chi connectivity index (χ3v) is 4.11. The maximum Gasteiger partial charge on any atom is 0.264 e. The molecule has 0 saturated carbocycles. The van der Waals surface area contributed by atoms with E-state index < -0.39 is 9.05 Å². The van der Waals surface area contributed by atoms with Crippen LogP contribution in [-0.4, -0.2) is 18.2 Å². The molecular weight excluding hydrogens is 300 g/mol. The molecule has 5 nitrogen and oxygen atoms in total. The van der Waals surface area contributed by atoms with Gasteiger partial charge in [-0.25, -0.2) is 8.42 Å². The molecule has 0 fully saturated rings. The molecule has 0 atom stereocenters. The number of nitrogens with zero attached hydrogens (tertiary/aromatic N) is 2. The van der Waals surface area contributed by atoms with Crippen molar-refractivity contribution in [2.75, 3.05) is 0 Å². The first-order valence-electron chi connectivity index (χ1n) is 6.09. The van der Waals surface area contributed by atoms with Gasteiger partial charge in [0.05, 0.1) is 6.20 Å². The van der Waals surface area contributed by atoms with E-state index in [1.54, 1.807) is 29.9 Å². The van der Waals surface area contributed by atoms with Crippen LogP contribution >= 0.6 is 10.7 Å². The molecule has 108 valence electrons.